The highest BCUT2D eigenvalue weighted by molar-refractivity contribution is 6.33. The number of benzene rings is 1. The van der Waals surface area contributed by atoms with E-state index in [1.807, 2.05) is 0 Å². The Hall–Kier alpha value is -0.270. The highest BCUT2D eigenvalue weighted by Crippen LogP contribution is 2.23. The molecule has 0 aliphatic rings. The summed E-state index contributed by atoms with van der Waals surface area (Å²) in [6.45, 7) is 1.75. The van der Waals surface area contributed by atoms with E-state index < -0.39 is 0 Å². The fourth-order valence-electron chi connectivity index (χ4n) is 0.892. The highest BCUT2D eigenvalue weighted by Gasteiger charge is 2.04. The number of hydrogen-bond acceptors (Lipinski definition) is 0. The Morgan fingerprint density at radius 2 is 2.09 bits per heavy atom. The summed E-state index contributed by atoms with van der Waals surface area (Å²) in [6, 6.07) is 2.74. The molecule has 0 aliphatic carbocycles. The molecule has 0 amide bonds. The molecule has 1 aromatic rings. The van der Waals surface area contributed by atoms with Crippen molar-refractivity contribution in [2.45, 2.75) is 12.8 Å². The van der Waals surface area contributed by atoms with Gasteiger partial charge in [0.2, 0.25) is 0 Å². The molecule has 11 heavy (non-hydrogen) atoms. The van der Waals surface area contributed by atoms with E-state index in [0.717, 1.165) is 5.56 Å². The van der Waals surface area contributed by atoms with Crippen LogP contribution in [0.1, 0.15) is 11.1 Å². The van der Waals surface area contributed by atoms with E-state index in [1.165, 1.54) is 12.1 Å². The van der Waals surface area contributed by atoms with Crippen LogP contribution in [0.5, 0.6) is 0 Å². The Morgan fingerprint density at radius 1 is 1.45 bits per heavy atom. The first-order valence-corrected chi connectivity index (χ1v) is 4.07. The van der Waals surface area contributed by atoms with Crippen LogP contribution in [0.3, 0.4) is 0 Å². The lowest BCUT2D eigenvalue weighted by molar-refractivity contribution is 0.625. The molecule has 0 aliphatic heterocycles. The van der Waals surface area contributed by atoms with Crippen molar-refractivity contribution in [3.05, 3.63) is 34.1 Å². The Morgan fingerprint density at radius 3 is 2.64 bits per heavy atom. The third-order valence-corrected chi connectivity index (χ3v) is 2.27. The van der Waals surface area contributed by atoms with Gasteiger partial charge in [-0.2, -0.15) is 0 Å². The lowest BCUT2D eigenvalue weighted by atomic mass is 10.1. The molecule has 0 fully saturated rings. The van der Waals surface area contributed by atoms with Crippen LogP contribution in [-0.2, 0) is 5.88 Å². The molecule has 0 atom stereocenters. The SMILES string of the molecule is Cc1cc(F)cc(CCl)c1Cl. The van der Waals surface area contributed by atoms with E-state index in [1.54, 1.807) is 6.92 Å². The van der Waals surface area contributed by atoms with Crippen molar-refractivity contribution in [1.82, 2.24) is 0 Å². The quantitative estimate of drug-likeness (QED) is 0.598. The predicted molar refractivity (Wildman–Crippen MR) is 45.7 cm³/mol. The van der Waals surface area contributed by atoms with Gasteiger partial charge < -0.3 is 0 Å². The largest absolute Gasteiger partial charge is 0.207 e. The zero-order chi connectivity index (χ0) is 8.43. The minimum atomic E-state index is -0.289. The summed E-state index contributed by atoms with van der Waals surface area (Å²) < 4.78 is 12.7. The average molecular weight is 193 g/mol. The molecular formula is C8H7Cl2F. The minimum absolute atomic E-state index is 0.247. The molecule has 60 valence electrons. The second kappa shape index (κ2) is 3.42. The highest BCUT2D eigenvalue weighted by atomic mass is 35.5. The number of halogens is 3. The zero-order valence-corrected chi connectivity index (χ0v) is 7.51. The normalized spacial score (nSPS) is 10.2. The molecule has 0 saturated heterocycles. The Kier molecular flexibility index (Phi) is 2.74. The van der Waals surface area contributed by atoms with E-state index in [0.29, 0.717) is 10.6 Å². The van der Waals surface area contributed by atoms with Crippen molar-refractivity contribution >= 4 is 23.2 Å². The van der Waals surface area contributed by atoms with Crippen LogP contribution in [0.25, 0.3) is 0 Å². The van der Waals surface area contributed by atoms with Crippen LogP contribution in [0.2, 0.25) is 5.02 Å². The van der Waals surface area contributed by atoms with Gasteiger partial charge in [0.1, 0.15) is 5.82 Å². The summed E-state index contributed by atoms with van der Waals surface area (Å²) in [4.78, 5) is 0. The van der Waals surface area contributed by atoms with Gasteiger partial charge in [0.15, 0.2) is 0 Å². The van der Waals surface area contributed by atoms with Gasteiger partial charge in [-0.1, -0.05) is 11.6 Å². The van der Waals surface area contributed by atoms with Crippen LogP contribution in [0.15, 0.2) is 12.1 Å². The molecule has 0 bridgehead atoms. The van der Waals surface area contributed by atoms with Crippen molar-refractivity contribution < 1.29 is 4.39 Å². The Labute approximate surface area is 74.9 Å². The smallest absolute Gasteiger partial charge is 0.123 e. The Bertz CT molecular complexity index is 271. The van der Waals surface area contributed by atoms with Gasteiger partial charge in [0, 0.05) is 10.9 Å². The molecule has 0 heterocycles. The van der Waals surface area contributed by atoms with Crippen molar-refractivity contribution in [2.75, 3.05) is 0 Å². The first kappa shape index (κ1) is 8.82. The summed E-state index contributed by atoms with van der Waals surface area (Å²) in [5, 5.41) is 0.557. The molecule has 0 unspecified atom stereocenters. The number of rotatable bonds is 1. The molecule has 1 rings (SSSR count). The summed E-state index contributed by atoms with van der Waals surface area (Å²) in [5.74, 6) is -0.0419. The van der Waals surface area contributed by atoms with Gasteiger partial charge in [-0.3, -0.25) is 0 Å². The monoisotopic (exact) mass is 192 g/mol. The van der Waals surface area contributed by atoms with Crippen LogP contribution in [0, 0.1) is 12.7 Å². The molecular weight excluding hydrogens is 186 g/mol. The molecule has 0 nitrogen and oxygen atoms in total. The number of alkyl halides is 1. The molecule has 3 heteroatoms. The lowest BCUT2D eigenvalue weighted by Gasteiger charge is -2.02. The topological polar surface area (TPSA) is 0 Å². The van der Waals surface area contributed by atoms with Gasteiger partial charge in [0.05, 0.1) is 0 Å². The fourth-order valence-corrected chi connectivity index (χ4v) is 1.35. The summed E-state index contributed by atoms with van der Waals surface area (Å²) >= 11 is 11.3. The van der Waals surface area contributed by atoms with Gasteiger partial charge in [-0.15, -0.1) is 11.6 Å². The lowest BCUT2D eigenvalue weighted by Crippen LogP contribution is -1.86. The third kappa shape index (κ3) is 1.85. The molecule has 0 saturated carbocycles. The number of hydrogen-bond donors (Lipinski definition) is 0. The molecule has 1 aromatic carbocycles. The maximum atomic E-state index is 12.7. The second-order valence-corrected chi connectivity index (χ2v) is 2.97. The first-order chi connectivity index (χ1) is 5.15. The maximum Gasteiger partial charge on any atom is 0.123 e. The third-order valence-electron chi connectivity index (χ3n) is 1.44. The van der Waals surface area contributed by atoms with Gasteiger partial charge in [-0.25, -0.2) is 4.39 Å². The van der Waals surface area contributed by atoms with Crippen molar-refractivity contribution in [3.8, 4) is 0 Å². The molecule has 0 aromatic heterocycles. The zero-order valence-electron chi connectivity index (χ0n) is 6.00. The van der Waals surface area contributed by atoms with Crippen LogP contribution < -0.4 is 0 Å². The van der Waals surface area contributed by atoms with Gasteiger partial charge in [-0.05, 0) is 30.2 Å². The summed E-state index contributed by atoms with van der Waals surface area (Å²) in [6.07, 6.45) is 0. The molecule has 0 spiro atoms. The second-order valence-electron chi connectivity index (χ2n) is 2.33. The van der Waals surface area contributed by atoms with E-state index in [9.17, 15) is 4.39 Å². The average Bonchev–Trinajstić information content (AvgIpc) is 1.96. The van der Waals surface area contributed by atoms with E-state index >= 15 is 0 Å². The van der Waals surface area contributed by atoms with E-state index in [-0.39, 0.29) is 11.7 Å². The van der Waals surface area contributed by atoms with E-state index in [4.69, 9.17) is 23.2 Å². The Balaban J connectivity index is 3.24. The molecule has 0 N–H and O–H groups in total. The van der Waals surface area contributed by atoms with Crippen LogP contribution >= 0.6 is 23.2 Å². The minimum Gasteiger partial charge on any atom is -0.207 e. The van der Waals surface area contributed by atoms with Gasteiger partial charge in [0.25, 0.3) is 0 Å². The van der Waals surface area contributed by atoms with Crippen molar-refractivity contribution in [2.24, 2.45) is 0 Å². The standard InChI is InChI=1S/C8H7Cl2F/c1-5-2-7(11)3-6(4-9)8(5)10/h2-3H,4H2,1H3. The predicted octanol–water partition coefficient (Wildman–Crippen LogP) is 3.53. The van der Waals surface area contributed by atoms with Gasteiger partial charge >= 0.3 is 0 Å². The maximum absolute atomic E-state index is 12.7. The van der Waals surface area contributed by atoms with Crippen LogP contribution in [0.4, 0.5) is 4.39 Å². The summed E-state index contributed by atoms with van der Waals surface area (Å²) in [7, 11) is 0. The fraction of sp³-hybridized carbons (Fsp3) is 0.250. The van der Waals surface area contributed by atoms with Crippen molar-refractivity contribution in [3.63, 3.8) is 0 Å². The van der Waals surface area contributed by atoms with E-state index in [2.05, 4.69) is 0 Å². The van der Waals surface area contributed by atoms with Crippen LogP contribution in [-0.4, -0.2) is 0 Å². The number of aryl methyl sites for hydroxylation is 1. The first-order valence-electron chi connectivity index (χ1n) is 3.15. The van der Waals surface area contributed by atoms with Crippen molar-refractivity contribution in [1.29, 1.82) is 0 Å². The molecule has 0 radical (unpaired) electrons. The summed E-state index contributed by atoms with van der Waals surface area (Å²) in [5.41, 5.74) is 1.37.